The van der Waals surface area contributed by atoms with Crippen LogP contribution < -0.4 is 5.32 Å². The molecule has 0 aliphatic carbocycles. The summed E-state index contributed by atoms with van der Waals surface area (Å²) in [4.78, 5) is 39.2. The molecule has 144 valence electrons. The van der Waals surface area contributed by atoms with Crippen LogP contribution in [-0.4, -0.2) is 66.9 Å². The smallest absolute Gasteiger partial charge is 0.441 e. The number of ketones is 1. The van der Waals surface area contributed by atoms with Gasteiger partial charge >= 0.3 is 11.7 Å². The molecular formula is C16H25N3O6Si. The molecule has 1 heterocycles. The summed E-state index contributed by atoms with van der Waals surface area (Å²) in [5.41, 5.74) is 8.32. The summed E-state index contributed by atoms with van der Waals surface area (Å²) in [6, 6.07) is -0.740. The van der Waals surface area contributed by atoms with Gasteiger partial charge in [0.05, 0.1) is 24.0 Å². The Morgan fingerprint density at radius 2 is 2.08 bits per heavy atom. The first-order chi connectivity index (χ1) is 12.0. The van der Waals surface area contributed by atoms with E-state index < -0.39 is 55.7 Å². The molecule has 0 unspecified atom stereocenters. The van der Waals surface area contributed by atoms with E-state index in [0.717, 1.165) is 0 Å². The van der Waals surface area contributed by atoms with E-state index in [0.29, 0.717) is 0 Å². The zero-order chi connectivity index (χ0) is 20.1. The Morgan fingerprint density at radius 1 is 1.46 bits per heavy atom. The van der Waals surface area contributed by atoms with Gasteiger partial charge in [-0.25, -0.2) is 4.79 Å². The average molecular weight is 383 g/mol. The van der Waals surface area contributed by atoms with Crippen molar-refractivity contribution in [3.63, 3.8) is 0 Å². The van der Waals surface area contributed by atoms with Gasteiger partial charge in [-0.2, -0.15) is 4.79 Å². The molecule has 0 aromatic heterocycles. The van der Waals surface area contributed by atoms with Gasteiger partial charge in [-0.1, -0.05) is 12.7 Å². The van der Waals surface area contributed by atoms with Gasteiger partial charge in [0, 0.05) is 6.61 Å². The van der Waals surface area contributed by atoms with E-state index in [9.17, 15) is 19.5 Å². The van der Waals surface area contributed by atoms with E-state index in [-0.39, 0.29) is 13.2 Å². The minimum Gasteiger partial charge on any atom is -0.453 e. The summed E-state index contributed by atoms with van der Waals surface area (Å²) in [7, 11) is -2.02. The summed E-state index contributed by atoms with van der Waals surface area (Å²) in [6.45, 7) is 10.3. The van der Waals surface area contributed by atoms with E-state index in [2.05, 4.69) is 16.7 Å². The third-order valence-corrected chi connectivity index (χ3v) is 4.88. The number of nitrogens with zero attached hydrogens (tertiary/aromatic N) is 2. The molecular weight excluding hydrogens is 358 g/mol. The van der Waals surface area contributed by atoms with Crippen LogP contribution in [0.4, 0.5) is 0 Å². The molecule has 4 atom stereocenters. The Bertz CT molecular complexity index is 636. The first kappa shape index (κ1) is 21.9. The molecule has 1 aliphatic rings. The van der Waals surface area contributed by atoms with Crippen LogP contribution in [0.25, 0.3) is 5.53 Å². The number of amides is 1. The van der Waals surface area contributed by atoms with Gasteiger partial charge in [-0.15, -0.1) is 0 Å². The zero-order valence-corrected chi connectivity index (χ0v) is 16.4. The Morgan fingerprint density at radius 3 is 2.50 bits per heavy atom. The molecule has 1 rings (SSSR count). The monoisotopic (exact) mass is 383 g/mol. The average Bonchev–Trinajstić information content (AvgIpc) is 2.50. The van der Waals surface area contributed by atoms with Crippen molar-refractivity contribution in [2.75, 3.05) is 13.2 Å². The van der Waals surface area contributed by atoms with Crippen LogP contribution >= 0.6 is 0 Å². The molecule has 0 aromatic rings. The highest BCUT2D eigenvalue weighted by atomic mass is 28.4. The highest BCUT2D eigenvalue weighted by molar-refractivity contribution is 6.69. The number of Topliss-reactive ketones (excluding diaryl/α,β-unsaturated/α-hetero) is 1. The number of hydrogen-bond acceptors (Lipinski definition) is 6. The molecule has 0 bridgehead atoms. The van der Waals surface area contributed by atoms with E-state index in [4.69, 9.17) is 14.7 Å². The molecule has 1 amide bonds. The number of esters is 1. The van der Waals surface area contributed by atoms with Crippen molar-refractivity contribution in [1.29, 1.82) is 0 Å². The first-order valence-electron chi connectivity index (χ1n) is 8.20. The third kappa shape index (κ3) is 5.43. The fourth-order valence-electron chi connectivity index (χ4n) is 2.54. The molecule has 1 fully saturated rings. The standard InChI is InChI=1S/C16H25N3O6Si/c1-6-7-24-16(23)13(19-17)14(21)10(8-25-26(3,4)5)12-11(9(2)20)15(22)18-12/h6,9-12,20H,1,7-8H2,2-5H3,(H,18,22)/t9-,10+,11-,12-/m1/s1. The summed E-state index contributed by atoms with van der Waals surface area (Å²) >= 11 is 0. The second-order valence-corrected chi connectivity index (χ2v) is 11.5. The quantitative estimate of drug-likeness (QED) is 0.0791. The third-order valence-electron chi connectivity index (χ3n) is 3.84. The number of nitrogens with one attached hydrogen (secondary N) is 1. The topological polar surface area (TPSA) is 138 Å². The zero-order valence-electron chi connectivity index (χ0n) is 15.4. The second kappa shape index (κ2) is 8.99. The SMILES string of the molecule is C=CCOC(=O)C(=[N+]=[N-])C(=O)[C@@H](CO[Si](C)(C)C)[C@H]1NC(=O)[C@@H]1[C@@H](C)O. The predicted octanol–water partition coefficient (Wildman–Crippen LogP) is -0.0814. The number of rotatable bonds is 10. The van der Waals surface area contributed by atoms with Crippen LogP contribution in [0.5, 0.6) is 0 Å². The van der Waals surface area contributed by atoms with Crippen molar-refractivity contribution in [2.24, 2.45) is 11.8 Å². The molecule has 0 radical (unpaired) electrons. The van der Waals surface area contributed by atoms with Crippen LogP contribution in [0.1, 0.15) is 6.92 Å². The van der Waals surface area contributed by atoms with Crippen molar-refractivity contribution in [2.45, 2.75) is 38.7 Å². The molecule has 0 spiro atoms. The number of carbonyl (C=O) groups is 3. The van der Waals surface area contributed by atoms with Crippen LogP contribution in [0.15, 0.2) is 12.7 Å². The lowest BCUT2D eigenvalue weighted by molar-refractivity contribution is -0.147. The summed E-state index contributed by atoms with van der Waals surface area (Å²) in [6.07, 6.45) is 0.317. The maximum absolute atomic E-state index is 12.8. The maximum Gasteiger partial charge on any atom is 0.441 e. The van der Waals surface area contributed by atoms with Gasteiger partial charge in [-0.3, -0.25) is 9.59 Å². The number of hydrogen-bond donors (Lipinski definition) is 2. The number of β-lactam (4-membered cyclic amide) rings is 1. The fraction of sp³-hybridized carbons (Fsp3) is 0.625. The number of aliphatic hydroxyl groups excluding tert-OH is 1. The lowest BCUT2D eigenvalue weighted by Crippen LogP contribution is -2.67. The highest BCUT2D eigenvalue weighted by Gasteiger charge is 2.52. The molecule has 1 saturated heterocycles. The van der Waals surface area contributed by atoms with E-state index >= 15 is 0 Å². The van der Waals surface area contributed by atoms with E-state index in [1.807, 2.05) is 19.6 Å². The Hall–Kier alpha value is -2.13. The predicted molar refractivity (Wildman–Crippen MR) is 94.7 cm³/mol. The largest absolute Gasteiger partial charge is 0.453 e. The van der Waals surface area contributed by atoms with E-state index in [1.54, 1.807) is 0 Å². The molecule has 0 saturated carbocycles. The van der Waals surface area contributed by atoms with Gasteiger partial charge in [0.25, 0.3) is 5.78 Å². The highest BCUT2D eigenvalue weighted by Crippen LogP contribution is 2.27. The van der Waals surface area contributed by atoms with Gasteiger partial charge in [0.2, 0.25) is 5.91 Å². The maximum atomic E-state index is 12.8. The van der Waals surface area contributed by atoms with Gasteiger partial charge in [0.1, 0.15) is 6.61 Å². The van der Waals surface area contributed by atoms with Crippen LogP contribution in [0, 0.1) is 11.8 Å². The molecule has 9 nitrogen and oxygen atoms in total. The summed E-state index contributed by atoms with van der Waals surface area (Å²) < 4.78 is 10.5. The minimum absolute atomic E-state index is 0.0868. The Labute approximate surface area is 153 Å². The fourth-order valence-corrected chi connectivity index (χ4v) is 3.22. The summed E-state index contributed by atoms with van der Waals surface area (Å²) in [5, 5.41) is 12.4. The molecule has 2 N–H and O–H groups in total. The van der Waals surface area contributed by atoms with Crippen LogP contribution in [-0.2, 0) is 23.5 Å². The Balaban J connectivity index is 3.08. The van der Waals surface area contributed by atoms with Gasteiger partial charge in [0.15, 0.2) is 8.32 Å². The first-order valence-corrected chi connectivity index (χ1v) is 11.6. The molecule has 0 aromatic carbocycles. The van der Waals surface area contributed by atoms with E-state index in [1.165, 1.54) is 13.0 Å². The normalized spacial score (nSPS) is 21.5. The number of carbonyl (C=O) groups excluding carboxylic acids is 3. The number of aliphatic hydroxyl groups is 1. The van der Waals surface area contributed by atoms with Gasteiger partial charge in [-0.05, 0) is 26.6 Å². The molecule has 10 heteroatoms. The lowest BCUT2D eigenvalue weighted by Gasteiger charge is -2.42. The van der Waals surface area contributed by atoms with Gasteiger partial charge < -0.3 is 25.1 Å². The summed E-state index contributed by atoms with van der Waals surface area (Å²) in [5.74, 6) is -4.14. The van der Waals surface area contributed by atoms with Crippen LogP contribution in [0.3, 0.4) is 0 Å². The molecule has 26 heavy (non-hydrogen) atoms. The van der Waals surface area contributed by atoms with Crippen molar-refractivity contribution in [3.8, 4) is 0 Å². The second-order valence-electron chi connectivity index (χ2n) is 7.03. The van der Waals surface area contributed by atoms with Crippen molar-refractivity contribution >= 4 is 31.7 Å². The van der Waals surface area contributed by atoms with Crippen molar-refractivity contribution < 1.29 is 33.4 Å². The minimum atomic E-state index is -2.02. The van der Waals surface area contributed by atoms with Crippen molar-refractivity contribution in [3.05, 3.63) is 18.2 Å². The lowest BCUT2D eigenvalue weighted by atomic mass is 9.76. The number of ether oxygens (including phenoxy) is 1. The van der Waals surface area contributed by atoms with Crippen LogP contribution in [0.2, 0.25) is 19.6 Å². The van der Waals surface area contributed by atoms with Crippen molar-refractivity contribution in [1.82, 2.24) is 5.32 Å². The molecule has 1 aliphatic heterocycles. The Kier molecular flexibility index (Phi) is 7.58.